The second-order valence-electron chi connectivity index (χ2n) is 4.93. The van der Waals surface area contributed by atoms with Crippen LogP contribution in [0.5, 0.6) is 0 Å². The summed E-state index contributed by atoms with van der Waals surface area (Å²) >= 11 is 0. The van der Waals surface area contributed by atoms with Crippen LogP contribution in [0.15, 0.2) is 0 Å². The molecule has 0 amide bonds. The number of aliphatic hydroxyl groups is 1. The topological polar surface area (TPSA) is 47.9 Å². The van der Waals surface area contributed by atoms with Crippen LogP contribution in [-0.2, 0) is 14.8 Å². The van der Waals surface area contributed by atoms with E-state index in [1.165, 1.54) is 0 Å². The number of rotatable bonds is 9. The summed E-state index contributed by atoms with van der Waals surface area (Å²) < 4.78 is 0. The molecule has 0 heterocycles. The van der Waals surface area contributed by atoms with Crippen molar-refractivity contribution in [3.05, 3.63) is 0 Å². The fraction of sp³-hybridized carbons (Fsp3) is 1.00. The highest BCUT2D eigenvalue weighted by atomic mass is 17.5. The Morgan fingerprint density at radius 2 is 1.75 bits per heavy atom. The molecule has 4 nitrogen and oxygen atoms in total. The van der Waals surface area contributed by atoms with Gasteiger partial charge in [-0.2, -0.15) is 0 Å². The fourth-order valence-corrected chi connectivity index (χ4v) is 1.51. The molecule has 0 bridgehead atoms. The van der Waals surface area contributed by atoms with Crippen LogP contribution < -0.4 is 0 Å². The van der Waals surface area contributed by atoms with Crippen LogP contribution in [0.25, 0.3) is 0 Å². The van der Waals surface area contributed by atoms with Gasteiger partial charge < -0.3 is 5.11 Å². The van der Waals surface area contributed by atoms with Crippen molar-refractivity contribution < 1.29 is 19.9 Å². The van der Waals surface area contributed by atoms with Crippen molar-refractivity contribution in [2.75, 3.05) is 6.61 Å². The van der Waals surface area contributed by atoms with Crippen LogP contribution in [-0.4, -0.2) is 23.4 Å². The minimum atomic E-state index is -0.540. The van der Waals surface area contributed by atoms with Gasteiger partial charge in [0.25, 0.3) is 0 Å². The minimum Gasteiger partial charge on any atom is -0.393 e. The first-order valence-electron chi connectivity index (χ1n) is 6.06. The van der Waals surface area contributed by atoms with Crippen molar-refractivity contribution in [2.24, 2.45) is 5.92 Å². The molecule has 4 heteroatoms. The molecule has 1 atom stereocenters. The molecule has 0 aliphatic heterocycles. The average Bonchev–Trinajstić information content (AvgIpc) is 2.16. The van der Waals surface area contributed by atoms with Gasteiger partial charge in [0.15, 0.2) is 0 Å². The lowest BCUT2D eigenvalue weighted by Crippen LogP contribution is -2.29. The molecule has 98 valence electrons. The molecular weight excluding hydrogens is 208 g/mol. The molecule has 0 rings (SSSR count). The lowest BCUT2D eigenvalue weighted by Gasteiger charge is -2.24. The maximum Gasteiger partial charge on any atom is 0.104 e. The van der Waals surface area contributed by atoms with E-state index < -0.39 is 11.7 Å². The Bertz CT molecular complexity index is 164. The molecule has 0 fully saturated rings. The predicted octanol–water partition coefficient (Wildman–Crippen LogP) is 2.85. The van der Waals surface area contributed by atoms with Crippen LogP contribution in [0.1, 0.15) is 53.9 Å². The summed E-state index contributed by atoms with van der Waals surface area (Å²) in [7, 11) is 0. The van der Waals surface area contributed by atoms with Gasteiger partial charge in [0.05, 0.1) is 12.7 Å². The molecule has 1 N–H and O–H groups in total. The molecule has 0 aromatic rings. The van der Waals surface area contributed by atoms with E-state index in [0.717, 1.165) is 12.8 Å². The lowest BCUT2D eigenvalue weighted by molar-refractivity contribution is -0.543. The summed E-state index contributed by atoms with van der Waals surface area (Å²) in [5, 5.41) is 14.0. The Morgan fingerprint density at radius 3 is 2.19 bits per heavy atom. The zero-order valence-corrected chi connectivity index (χ0v) is 11.2. The lowest BCUT2D eigenvalue weighted by atomic mass is 10.0. The first-order chi connectivity index (χ1) is 7.41. The summed E-state index contributed by atoms with van der Waals surface area (Å²) in [6.45, 7) is 10.2. The zero-order chi connectivity index (χ0) is 12.6. The smallest absolute Gasteiger partial charge is 0.104 e. The van der Waals surface area contributed by atoms with Gasteiger partial charge in [0, 0.05) is 6.42 Å². The number of hydrogen-bond donors (Lipinski definition) is 1. The van der Waals surface area contributed by atoms with Gasteiger partial charge in [0.2, 0.25) is 0 Å². The number of aliphatic hydroxyl groups excluding tert-OH is 1. The Balaban J connectivity index is 3.64. The van der Waals surface area contributed by atoms with Crippen molar-refractivity contribution in [2.45, 2.75) is 65.6 Å². The second kappa shape index (κ2) is 8.01. The Kier molecular flexibility index (Phi) is 7.93. The van der Waals surface area contributed by atoms with E-state index in [1.807, 2.05) is 13.8 Å². The molecule has 16 heavy (non-hydrogen) atoms. The summed E-state index contributed by atoms with van der Waals surface area (Å²) in [6.07, 6.45) is 2.22. The van der Waals surface area contributed by atoms with E-state index in [1.54, 1.807) is 6.92 Å². The van der Waals surface area contributed by atoms with Crippen LogP contribution in [0.4, 0.5) is 0 Å². The highest BCUT2D eigenvalue weighted by Crippen LogP contribution is 2.17. The maximum absolute atomic E-state index is 9.23. The third kappa shape index (κ3) is 8.05. The maximum atomic E-state index is 9.23. The van der Waals surface area contributed by atoms with Crippen molar-refractivity contribution in [3.63, 3.8) is 0 Å². The van der Waals surface area contributed by atoms with E-state index in [4.69, 9.17) is 14.8 Å². The largest absolute Gasteiger partial charge is 0.393 e. The molecule has 1 unspecified atom stereocenters. The summed E-state index contributed by atoms with van der Waals surface area (Å²) in [4.78, 5) is 10.1. The molecule has 0 radical (unpaired) electrons. The predicted molar refractivity (Wildman–Crippen MR) is 62.6 cm³/mol. The van der Waals surface area contributed by atoms with Gasteiger partial charge in [-0.1, -0.05) is 31.7 Å². The third-order valence-corrected chi connectivity index (χ3v) is 2.55. The normalized spacial score (nSPS) is 14.4. The molecule has 0 aromatic heterocycles. The SMILES string of the molecule is CCC(CC)COOOC(C)(C)CC(C)O. The summed E-state index contributed by atoms with van der Waals surface area (Å²) in [5.41, 5.74) is -0.540. The van der Waals surface area contributed by atoms with E-state index in [0.29, 0.717) is 18.9 Å². The van der Waals surface area contributed by atoms with Crippen molar-refractivity contribution >= 4 is 0 Å². The van der Waals surface area contributed by atoms with Gasteiger partial charge in [-0.15, -0.1) is 0 Å². The molecule has 0 spiro atoms. The quantitative estimate of drug-likeness (QED) is 0.378. The van der Waals surface area contributed by atoms with Crippen molar-refractivity contribution in [1.82, 2.24) is 0 Å². The first kappa shape index (κ1) is 15.8. The molecule has 0 saturated heterocycles. The Labute approximate surface area is 98.7 Å². The van der Waals surface area contributed by atoms with E-state index in [9.17, 15) is 5.11 Å². The monoisotopic (exact) mass is 234 g/mol. The standard InChI is InChI=1S/C12H26O4/c1-6-11(7-2)9-14-16-15-12(4,5)8-10(3)13/h10-11,13H,6-9H2,1-5H3. The molecular formula is C12H26O4. The highest BCUT2D eigenvalue weighted by molar-refractivity contribution is 4.69. The molecule has 0 aliphatic rings. The van der Waals surface area contributed by atoms with Gasteiger partial charge in [0.1, 0.15) is 5.60 Å². The average molecular weight is 234 g/mol. The fourth-order valence-electron chi connectivity index (χ4n) is 1.51. The van der Waals surface area contributed by atoms with Crippen molar-refractivity contribution in [3.8, 4) is 0 Å². The zero-order valence-electron chi connectivity index (χ0n) is 11.2. The molecule has 0 aliphatic carbocycles. The number of hydrogen-bond acceptors (Lipinski definition) is 4. The van der Waals surface area contributed by atoms with Crippen LogP contribution in [0.2, 0.25) is 0 Å². The summed E-state index contributed by atoms with van der Waals surface area (Å²) in [6, 6.07) is 0. The molecule has 0 aromatic carbocycles. The van der Waals surface area contributed by atoms with Gasteiger partial charge in [-0.05, 0) is 26.7 Å². The van der Waals surface area contributed by atoms with Crippen LogP contribution >= 0.6 is 0 Å². The minimum absolute atomic E-state index is 0.419. The van der Waals surface area contributed by atoms with Crippen LogP contribution in [0, 0.1) is 5.92 Å². The Morgan fingerprint density at radius 1 is 1.19 bits per heavy atom. The summed E-state index contributed by atoms with van der Waals surface area (Å²) in [5.74, 6) is 0.503. The third-order valence-electron chi connectivity index (χ3n) is 2.55. The van der Waals surface area contributed by atoms with Crippen molar-refractivity contribution in [1.29, 1.82) is 0 Å². The highest BCUT2D eigenvalue weighted by Gasteiger charge is 2.23. The van der Waals surface area contributed by atoms with Gasteiger partial charge >= 0.3 is 0 Å². The second-order valence-corrected chi connectivity index (χ2v) is 4.93. The van der Waals surface area contributed by atoms with Crippen LogP contribution in [0.3, 0.4) is 0 Å². The van der Waals surface area contributed by atoms with E-state index in [2.05, 4.69) is 13.8 Å². The first-order valence-corrected chi connectivity index (χ1v) is 6.06. The van der Waals surface area contributed by atoms with E-state index >= 15 is 0 Å². The van der Waals surface area contributed by atoms with Gasteiger partial charge in [-0.3, -0.25) is 0 Å². The van der Waals surface area contributed by atoms with E-state index in [-0.39, 0.29) is 0 Å². The van der Waals surface area contributed by atoms with Gasteiger partial charge in [-0.25, -0.2) is 9.78 Å². The molecule has 0 saturated carbocycles. The Hall–Kier alpha value is -0.160.